The highest BCUT2D eigenvalue weighted by Gasteiger charge is 2.17. The molecule has 20 heavy (non-hydrogen) atoms. The summed E-state index contributed by atoms with van der Waals surface area (Å²) in [6, 6.07) is 7.16. The molecular weight excluding hydrogens is 258 g/mol. The molecule has 0 heterocycles. The zero-order valence-corrected chi connectivity index (χ0v) is 12.3. The Morgan fingerprint density at radius 1 is 1.35 bits per heavy atom. The minimum atomic E-state index is -0.636. The Kier molecular flexibility index (Phi) is 7.04. The van der Waals surface area contributed by atoms with Gasteiger partial charge in [-0.25, -0.2) is 0 Å². The summed E-state index contributed by atoms with van der Waals surface area (Å²) in [5, 5.41) is 12.4. The van der Waals surface area contributed by atoms with Gasteiger partial charge in [-0.2, -0.15) is 0 Å². The van der Waals surface area contributed by atoms with Gasteiger partial charge < -0.3 is 19.9 Å². The second-order valence-corrected chi connectivity index (χ2v) is 4.61. The molecule has 1 aromatic rings. The van der Waals surface area contributed by atoms with Crippen molar-refractivity contribution < 1.29 is 19.4 Å². The summed E-state index contributed by atoms with van der Waals surface area (Å²) in [5.41, 5.74) is 0.673. The summed E-state index contributed by atoms with van der Waals surface area (Å²) in [6.45, 7) is 4.51. The number of hydrogen-bond donors (Lipinski definition) is 2. The fourth-order valence-corrected chi connectivity index (χ4v) is 1.75. The number of carbonyl (C=O) groups is 1. The highest BCUT2D eigenvalue weighted by molar-refractivity contribution is 5.80. The lowest BCUT2D eigenvalue weighted by Gasteiger charge is -2.18. The summed E-state index contributed by atoms with van der Waals surface area (Å²) in [6.07, 6.45) is -0.486. The molecule has 1 rings (SSSR count). The Labute approximate surface area is 119 Å². The second kappa shape index (κ2) is 8.55. The number of methoxy groups -OCH3 is 1. The van der Waals surface area contributed by atoms with Gasteiger partial charge in [-0.15, -0.1) is 0 Å². The van der Waals surface area contributed by atoms with Gasteiger partial charge >= 0.3 is 0 Å². The molecule has 1 amide bonds. The maximum Gasteiger partial charge on any atom is 0.260 e. The Morgan fingerprint density at radius 3 is 2.70 bits per heavy atom. The van der Waals surface area contributed by atoms with E-state index < -0.39 is 12.2 Å². The van der Waals surface area contributed by atoms with E-state index in [9.17, 15) is 9.90 Å². The van der Waals surface area contributed by atoms with Crippen molar-refractivity contribution in [1.29, 1.82) is 0 Å². The van der Waals surface area contributed by atoms with Crippen molar-refractivity contribution in [3.05, 3.63) is 29.8 Å². The largest absolute Gasteiger partial charge is 0.481 e. The number of aliphatic hydroxyl groups is 1. The van der Waals surface area contributed by atoms with E-state index in [1.165, 1.54) is 0 Å². The number of benzene rings is 1. The lowest BCUT2D eigenvalue weighted by atomic mass is 10.1. The average Bonchev–Trinajstić information content (AvgIpc) is 2.43. The molecule has 0 bridgehead atoms. The maximum absolute atomic E-state index is 11.9. The van der Waals surface area contributed by atoms with Gasteiger partial charge in [0.25, 0.3) is 5.91 Å². The zero-order chi connectivity index (χ0) is 15.0. The molecule has 5 heteroatoms. The van der Waals surface area contributed by atoms with Gasteiger partial charge in [0, 0.05) is 25.8 Å². The number of aliphatic hydroxyl groups excluding tert-OH is 1. The Hall–Kier alpha value is -1.59. The van der Waals surface area contributed by atoms with Crippen LogP contribution in [0, 0.1) is 0 Å². The molecule has 1 aromatic carbocycles. The van der Waals surface area contributed by atoms with Gasteiger partial charge in [0.2, 0.25) is 0 Å². The third-order valence-corrected chi connectivity index (χ3v) is 2.87. The fourth-order valence-electron chi connectivity index (χ4n) is 1.75. The maximum atomic E-state index is 11.9. The SMILES string of the molecule is COCCCNC(=O)C(C)Oc1ccccc1[C@H](C)O. The summed E-state index contributed by atoms with van der Waals surface area (Å²) in [5.74, 6) is 0.351. The van der Waals surface area contributed by atoms with Crippen LogP contribution >= 0.6 is 0 Å². The van der Waals surface area contributed by atoms with Crippen molar-refractivity contribution in [2.75, 3.05) is 20.3 Å². The van der Waals surface area contributed by atoms with Crippen LogP contribution in [0.4, 0.5) is 0 Å². The van der Waals surface area contributed by atoms with Crippen molar-refractivity contribution in [3.63, 3.8) is 0 Å². The minimum Gasteiger partial charge on any atom is -0.481 e. The first-order valence-electron chi connectivity index (χ1n) is 6.76. The van der Waals surface area contributed by atoms with E-state index in [4.69, 9.17) is 9.47 Å². The number of hydrogen-bond acceptors (Lipinski definition) is 4. The lowest BCUT2D eigenvalue weighted by Crippen LogP contribution is -2.37. The van der Waals surface area contributed by atoms with E-state index in [0.29, 0.717) is 24.5 Å². The molecule has 0 aromatic heterocycles. The molecule has 5 nitrogen and oxygen atoms in total. The highest BCUT2D eigenvalue weighted by atomic mass is 16.5. The summed E-state index contributed by atoms with van der Waals surface area (Å²) in [4.78, 5) is 11.9. The minimum absolute atomic E-state index is 0.179. The molecular formula is C15H23NO4. The quantitative estimate of drug-likeness (QED) is 0.711. The molecule has 0 spiro atoms. The van der Waals surface area contributed by atoms with E-state index >= 15 is 0 Å². The first-order chi connectivity index (χ1) is 9.56. The summed E-state index contributed by atoms with van der Waals surface area (Å²) in [7, 11) is 1.63. The molecule has 0 fully saturated rings. The summed E-state index contributed by atoms with van der Waals surface area (Å²) >= 11 is 0. The van der Waals surface area contributed by atoms with E-state index in [1.807, 2.05) is 12.1 Å². The van der Waals surface area contributed by atoms with Crippen molar-refractivity contribution in [1.82, 2.24) is 5.32 Å². The van der Waals surface area contributed by atoms with E-state index in [1.54, 1.807) is 33.1 Å². The van der Waals surface area contributed by atoms with Crippen molar-refractivity contribution in [2.45, 2.75) is 32.5 Å². The first kappa shape index (κ1) is 16.5. The van der Waals surface area contributed by atoms with E-state index in [-0.39, 0.29) is 5.91 Å². The molecule has 0 aliphatic carbocycles. The van der Waals surface area contributed by atoms with E-state index in [0.717, 1.165) is 6.42 Å². The van der Waals surface area contributed by atoms with Crippen molar-refractivity contribution in [3.8, 4) is 5.75 Å². The molecule has 0 aliphatic rings. The Bertz CT molecular complexity index is 420. The van der Waals surface area contributed by atoms with Crippen LogP contribution in [-0.4, -0.2) is 37.4 Å². The van der Waals surface area contributed by atoms with Crippen LogP contribution in [0.15, 0.2) is 24.3 Å². The fraction of sp³-hybridized carbons (Fsp3) is 0.533. The van der Waals surface area contributed by atoms with Crippen LogP contribution in [0.25, 0.3) is 0 Å². The molecule has 0 saturated carbocycles. The standard InChI is InChI=1S/C15H23NO4/c1-11(17)13-7-4-5-8-14(13)20-12(2)15(18)16-9-6-10-19-3/h4-5,7-8,11-12,17H,6,9-10H2,1-3H3,(H,16,18)/t11-,12?/m0/s1. The predicted molar refractivity (Wildman–Crippen MR) is 76.7 cm³/mol. The summed E-state index contributed by atoms with van der Waals surface area (Å²) < 4.78 is 10.5. The van der Waals surface area contributed by atoms with Crippen LogP contribution in [0.1, 0.15) is 31.9 Å². The van der Waals surface area contributed by atoms with Gasteiger partial charge in [0.15, 0.2) is 6.10 Å². The number of amides is 1. The number of carbonyl (C=O) groups excluding carboxylic acids is 1. The molecule has 0 radical (unpaired) electrons. The highest BCUT2D eigenvalue weighted by Crippen LogP contribution is 2.25. The first-order valence-corrected chi connectivity index (χ1v) is 6.76. The smallest absolute Gasteiger partial charge is 0.260 e. The number of para-hydroxylation sites is 1. The number of ether oxygens (including phenoxy) is 2. The van der Waals surface area contributed by atoms with Gasteiger partial charge in [-0.05, 0) is 26.3 Å². The predicted octanol–water partition coefficient (Wildman–Crippen LogP) is 1.66. The van der Waals surface area contributed by atoms with Crippen LogP contribution in [0.3, 0.4) is 0 Å². The zero-order valence-electron chi connectivity index (χ0n) is 12.3. The van der Waals surface area contributed by atoms with Crippen LogP contribution < -0.4 is 10.1 Å². The molecule has 1 unspecified atom stereocenters. The molecule has 0 saturated heterocycles. The molecule has 2 atom stereocenters. The molecule has 112 valence electrons. The van der Waals surface area contributed by atoms with Crippen LogP contribution in [0.2, 0.25) is 0 Å². The number of nitrogens with one attached hydrogen (secondary N) is 1. The average molecular weight is 281 g/mol. The van der Waals surface area contributed by atoms with Gasteiger partial charge in [0.1, 0.15) is 5.75 Å². The molecule has 0 aliphatic heterocycles. The van der Waals surface area contributed by atoms with E-state index in [2.05, 4.69) is 5.32 Å². The van der Waals surface area contributed by atoms with Gasteiger partial charge in [-0.1, -0.05) is 18.2 Å². The normalized spacial score (nSPS) is 13.6. The number of rotatable bonds is 8. The van der Waals surface area contributed by atoms with Crippen molar-refractivity contribution in [2.24, 2.45) is 0 Å². The monoisotopic (exact) mass is 281 g/mol. The van der Waals surface area contributed by atoms with Crippen LogP contribution in [0.5, 0.6) is 5.75 Å². The van der Waals surface area contributed by atoms with Crippen LogP contribution in [-0.2, 0) is 9.53 Å². The third kappa shape index (κ3) is 5.19. The molecule has 2 N–H and O–H groups in total. The Balaban J connectivity index is 2.53. The van der Waals surface area contributed by atoms with Crippen molar-refractivity contribution >= 4 is 5.91 Å². The van der Waals surface area contributed by atoms with Gasteiger partial charge in [0.05, 0.1) is 6.10 Å². The lowest BCUT2D eigenvalue weighted by molar-refractivity contribution is -0.127. The second-order valence-electron chi connectivity index (χ2n) is 4.61. The topological polar surface area (TPSA) is 67.8 Å². The third-order valence-electron chi connectivity index (χ3n) is 2.87. The Morgan fingerprint density at radius 2 is 2.05 bits per heavy atom. The van der Waals surface area contributed by atoms with Gasteiger partial charge in [-0.3, -0.25) is 4.79 Å².